The summed E-state index contributed by atoms with van der Waals surface area (Å²) < 4.78 is 5.66. The van der Waals surface area contributed by atoms with Gasteiger partial charge in [-0.15, -0.1) is 0 Å². The molecule has 0 unspecified atom stereocenters. The first kappa shape index (κ1) is 17.7. The highest BCUT2D eigenvalue weighted by molar-refractivity contribution is 6.68. The summed E-state index contributed by atoms with van der Waals surface area (Å²) >= 11 is 12.0. The van der Waals surface area contributed by atoms with Crippen molar-refractivity contribution >= 4 is 39.3 Å². The Hall–Kier alpha value is -2.10. The van der Waals surface area contributed by atoms with Gasteiger partial charge in [0.1, 0.15) is 5.75 Å². The molecule has 2 aromatic carbocycles. The van der Waals surface area contributed by atoms with Crippen LogP contribution in [0.25, 0.3) is 22.2 Å². The SMILES string of the molecule is Cc1c(Cl)ccc2c(C(=O)Cl)cc(-c3ccc(OC(C)C)cc3)nc12. The molecule has 1 heterocycles. The molecule has 3 rings (SSSR count). The molecule has 0 fully saturated rings. The molecule has 5 heteroatoms. The zero-order valence-corrected chi connectivity index (χ0v) is 15.7. The molecule has 0 N–H and O–H groups in total. The molecule has 3 nitrogen and oxygen atoms in total. The molecule has 0 aliphatic carbocycles. The van der Waals surface area contributed by atoms with E-state index in [2.05, 4.69) is 0 Å². The highest BCUT2D eigenvalue weighted by atomic mass is 35.5. The van der Waals surface area contributed by atoms with Crippen LogP contribution in [0.3, 0.4) is 0 Å². The van der Waals surface area contributed by atoms with Gasteiger partial charge in [0.05, 0.1) is 17.3 Å². The van der Waals surface area contributed by atoms with Gasteiger partial charge in [0.15, 0.2) is 0 Å². The van der Waals surface area contributed by atoms with Gasteiger partial charge in [-0.1, -0.05) is 17.7 Å². The lowest BCUT2D eigenvalue weighted by atomic mass is 10.0. The van der Waals surface area contributed by atoms with E-state index in [0.29, 0.717) is 27.2 Å². The van der Waals surface area contributed by atoms with Gasteiger partial charge in [-0.3, -0.25) is 4.79 Å². The Balaban J connectivity index is 2.16. The molecule has 25 heavy (non-hydrogen) atoms. The molecule has 0 atom stereocenters. The zero-order valence-electron chi connectivity index (χ0n) is 14.1. The number of aromatic nitrogens is 1. The van der Waals surface area contributed by atoms with Gasteiger partial charge in [0.25, 0.3) is 5.24 Å². The minimum atomic E-state index is -0.518. The average Bonchev–Trinajstić information content (AvgIpc) is 2.57. The van der Waals surface area contributed by atoms with Gasteiger partial charge in [-0.2, -0.15) is 0 Å². The van der Waals surface area contributed by atoms with Gasteiger partial charge < -0.3 is 4.74 Å². The molecule has 0 saturated heterocycles. The number of fused-ring (bicyclic) bond motifs is 1. The first-order valence-electron chi connectivity index (χ1n) is 7.93. The predicted octanol–water partition coefficient (Wildman–Crippen LogP) is 6.03. The minimum Gasteiger partial charge on any atom is -0.491 e. The third kappa shape index (κ3) is 3.63. The standard InChI is InChI=1S/C20H17Cl2NO2/c1-11(2)25-14-6-4-13(5-7-14)18-10-16(20(22)24)15-8-9-17(21)12(3)19(15)23-18/h4-11H,1-3H3. The molecule has 3 aromatic rings. The van der Waals surface area contributed by atoms with Gasteiger partial charge in [0, 0.05) is 21.5 Å². The predicted molar refractivity (Wildman–Crippen MR) is 103 cm³/mol. The van der Waals surface area contributed by atoms with Crippen molar-refractivity contribution in [2.24, 2.45) is 0 Å². The largest absolute Gasteiger partial charge is 0.491 e. The number of rotatable bonds is 4. The van der Waals surface area contributed by atoms with Gasteiger partial charge in [0.2, 0.25) is 0 Å². The molecule has 1 aromatic heterocycles. The lowest BCUT2D eigenvalue weighted by Crippen LogP contribution is -2.05. The third-order valence-electron chi connectivity index (χ3n) is 3.90. The number of benzene rings is 2. The second-order valence-corrected chi connectivity index (χ2v) is 6.84. The maximum Gasteiger partial charge on any atom is 0.253 e. The number of nitrogens with zero attached hydrogens (tertiary/aromatic N) is 1. The Morgan fingerprint density at radius 3 is 2.40 bits per heavy atom. The lowest BCUT2D eigenvalue weighted by Gasteiger charge is -2.12. The normalized spacial score (nSPS) is 11.1. The van der Waals surface area contributed by atoms with Crippen molar-refractivity contribution in [3.63, 3.8) is 0 Å². The number of hydrogen-bond donors (Lipinski definition) is 0. The molecule has 0 radical (unpaired) electrons. The van der Waals surface area contributed by atoms with Crippen molar-refractivity contribution in [2.75, 3.05) is 0 Å². The van der Waals surface area contributed by atoms with E-state index in [1.807, 2.05) is 45.0 Å². The lowest BCUT2D eigenvalue weighted by molar-refractivity contribution is 0.108. The molecule has 0 amide bonds. The summed E-state index contributed by atoms with van der Waals surface area (Å²) in [7, 11) is 0. The smallest absolute Gasteiger partial charge is 0.253 e. The minimum absolute atomic E-state index is 0.106. The van der Waals surface area contributed by atoms with E-state index in [1.54, 1.807) is 18.2 Å². The Morgan fingerprint density at radius 1 is 1.12 bits per heavy atom. The Morgan fingerprint density at radius 2 is 1.80 bits per heavy atom. The van der Waals surface area contributed by atoms with Crippen molar-refractivity contribution in [1.29, 1.82) is 0 Å². The Bertz CT molecular complexity index is 950. The number of pyridine rings is 1. The van der Waals surface area contributed by atoms with Crippen LogP contribution < -0.4 is 4.74 Å². The number of halogens is 2. The van der Waals surface area contributed by atoms with E-state index in [9.17, 15) is 4.79 Å². The van der Waals surface area contributed by atoms with Crippen LogP contribution in [0, 0.1) is 6.92 Å². The van der Waals surface area contributed by atoms with Crippen molar-refractivity contribution in [1.82, 2.24) is 4.98 Å². The highest BCUT2D eigenvalue weighted by Crippen LogP contribution is 2.31. The number of ether oxygens (including phenoxy) is 1. The molecule has 0 spiro atoms. The van der Waals surface area contributed by atoms with Crippen LogP contribution in [0.5, 0.6) is 5.75 Å². The van der Waals surface area contributed by atoms with Gasteiger partial charge in [-0.05, 0) is 74.3 Å². The van der Waals surface area contributed by atoms with Crippen LogP contribution in [0.2, 0.25) is 5.02 Å². The summed E-state index contributed by atoms with van der Waals surface area (Å²) in [4.78, 5) is 16.6. The van der Waals surface area contributed by atoms with Crippen molar-refractivity contribution in [2.45, 2.75) is 26.9 Å². The highest BCUT2D eigenvalue weighted by Gasteiger charge is 2.15. The fraction of sp³-hybridized carbons (Fsp3) is 0.200. The summed E-state index contributed by atoms with van der Waals surface area (Å²) in [5, 5.41) is 0.784. The quantitative estimate of drug-likeness (QED) is 0.524. The fourth-order valence-corrected chi connectivity index (χ4v) is 3.00. The van der Waals surface area contributed by atoms with Crippen LogP contribution in [0.15, 0.2) is 42.5 Å². The summed E-state index contributed by atoms with van der Waals surface area (Å²) in [6, 6.07) is 12.8. The van der Waals surface area contributed by atoms with E-state index in [-0.39, 0.29) is 6.10 Å². The zero-order chi connectivity index (χ0) is 18.1. The topological polar surface area (TPSA) is 39.2 Å². The first-order valence-corrected chi connectivity index (χ1v) is 8.69. The van der Waals surface area contributed by atoms with Crippen LogP contribution in [-0.4, -0.2) is 16.3 Å². The van der Waals surface area contributed by atoms with Crippen molar-refractivity contribution in [3.05, 3.63) is 58.6 Å². The van der Waals surface area contributed by atoms with E-state index in [1.165, 1.54) is 0 Å². The van der Waals surface area contributed by atoms with Crippen LogP contribution >= 0.6 is 23.2 Å². The summed E-state index contributed by atoms with van der Waals surface area (Å²) in [6.45, 7) is 5.83. The van der Waals surface area contributed by atoms with E-state index in [4.69, 9.17) is 32.9 Å². The molecular formula is C20H17Cl2NO2. The van der Waals surface area contributed by atoms with Crippen LogP contribution in [0.4, 0.5) is 0 Å². The number of carbonyl (C=O) groups excluding carboxylic acids is 1. The van der Waals surface area contributed by atoms with Crippen LogP contribution in [-0.2, 0) is 0 Å². The maximum absolute atomic E-state index is 11.9. The Labute approximate surface area is 156 Å². The maximum atomic E-state index is 11.9. The second kappa shape index (κ2) is 7.03. The first-order chi connectivity index (χ1) is 11.9. The third-order valence-corrected chi connectivity index (χ3v) is 4.52. The summed E-state index contributed by atoms with van der Waals surface area (Å²) in [6.07, 6.45) is 0.106. The van der Waals surface area contributed by atoms with Crippen LogP contribution in [0.1, 0.15) is 29.8 Å². The molecule has 0 bridgehead atoms. The monoisotopic (exact) mass is 373 g/mol. The molecule has 0 aliphatic heterocycles. The van der Waals surface area contributed by atoms with Crippen molar-refractivity contribution < 1.29 is 9.53 Å². The molecule has 0 saturated carbocycles. The fourth-order valence-electron chi connectivity index (χ4n) is 2.69. The summed E-state index contributed by atoms with van der Waals surface area (Å²) in [5.74, 6) is 0.785. The molecular weight excluding hydrogens is 357 g/mol. The molecule has 0 aliphatic rings. The number of carbonyl (C=O) groups is 1. The summed E-state index contributed by atoms with van der Waals surface area (Å²) in [5.41, 5.74) is 3.45. The number of hydrogen-bond acceptors (Lipinski definition) is 3. The second-order valence-electron chi connectivity index (χ2n) is 6.09. The average molecular weight is 374 g/mol. The van der Waals surface area contributed by atoms with Gasteiger partial charge >= 0.3 is 0 Å². The Kier molecular flexibility index (Phi) is 4.98. The van der Waals surface area contributed by atoms with E-state index < -0.39 is 5.24 Å². The number of aryl methyl sites for hydroxylation is 1. The molecule has 128 valence electrons. The van der Waals surface area contributed by atoms with E-state index >= 15 is 0 Å². The van der Waals surface area contributed by atoms with Gasteiger partial charge in [-0.25, -0.2) is 4.98 Å². The van der Waals surface area contributed by atoms with Crippen molar-refractivity contribution in [3.8, 4) is 17.0 Å². The van der Waals surface area contributed by atoms with E-state index in [0.717, 1.165) is 16.9 Å².